The highest BCUT2D eigenvalue weighted by Crippen LogP contribution is 1.90. The summed E-state index contributed by atoms with van der Waals surface area (Å²) in [4.78, 5) is 19.6. The van der Waals surface area contributed by atoms with E-state index in [-0.39, 0.29) is 5.96 Å². The molecule has 0 heterocycles. The molecule has 0 radical (unpaired) electrons. The molecule has 0 unspecified atom stereocenters. The van der Waals surface area contributed by atoms with E-state index >= 15 is 0 Å². The Kier molecular flexibility index (Phi) is 4.33. The third-order valence-electron chi connectivity index (χ3n) is 0.700. The minimum atomic E-state index is -0.834. The van der Waals surface area contributed by atoms with E-state index in [1.54, 1.807) is 5.43 Å². The average molecular weight is 273 g/mol. The lowest BCUT2D eigenvalue weighted by atomic mass is 10.9. The zero-order valence-electron chi connectivity index (χ0n) is 5.39. The lowest BCUT2D eigenvalue weighted by Gasteiger charge is -2.05. The standard InChI is InChI=1S/C2H4IN5O3/c1-7(6-9)2(4-3)5-8(10)11/h1H3,(H,4,5). The number of hydrogen-bond acceptors (Lipinski definition) is 5. The van der Waals surface area contributed by atoms with Gasteiger partial charge in [0.25, 0.3) is 5.96 Å². The summed E-state index contributed by atoms with van der Waals surface area (Å²) in [6, 6.07) is 0. The number of nitrogens with one attached hydrogen (secondary N) is 1. The van der Waals surface area contributed by atoms with E-state index in [0.29, 0.717) is 5.01 Å². The highest BCUT2D eigenvalue weighted by Gasteiger charge is 2.10. The molecule has 0 aliphatic carbocycles. The Balaban J connectivity index is 4.18. The van der Waals surface area contributed by atoms with Crippen molar-refractivity contribution in [2.45, 2.75) is 0 Å². The minimum Gasteiger partial charge on any atom is -0.234 e. The van der Waals surface area contributed by atoms with Gasteiger partial charge in [0.1, 0.15) is 0 Å². The molecule has 0 saturated heterocycles. The van der Waals surface area contributed by atoms with E-state index in [1.165, 1.54) is 29.9 Å². The molecule has 62 valence electrons. The van der Waals surface area contributed by atoms with Crippen LogP contribution in [0.5, 0.6) is 0 Å². The second-order valence-electron chi connectivity index (χ2n) is 1.38. The van der Waals surface area contributed by atoms with Gasteiger partial charge in [-0.3, -0.25) is 0 Å². The first kappa shape index (κ1) is 10.0. The predicted octanol–water partition coefficient (Wildman–Crippen LogP) is 0.0869. The molecule has 0 aromatic heterocycles. The zero-order valence-corrected chi connectivity index (χ0v) is 7.55. The second-order valence-corrected chi connectivity index (χ2v) is 1.86. The molecule has 0 amide bonds. The molecule has 0 aromatic carbocycles. The molecule has 0 fully saturated rings. The third-order valence-corrected chi connectivity index (χ3v) is 1.16. The van der Waals surface area contributed by atoms with Gasteiger partial charge in [0.05, 0.1) is 28.2 Å². The first-order valence-corrected chi connectivity index (χ1v) is 3.25. The van der Waals surface area contributed by atoms with Gasteiger partial charge >= 0.3 is 0 Å². The number of nitrogens with zero attached hydrogens (tertiary/aromatic N) is 4. The highest BCUT2D eigenvalue weighted by molar-refractivity contribution is 14.1. The maximum Gasteiger partial charge on any atom is 0.289 e. The molecule has 0 aliphatic heterocycles. The van der Waals surface area contributed by atoms with E-state index in [2.05, 4.69) is 8.49 Å². The number of halogens is 1. The summed E-state index contributed by atoms with van der Waals surface area (Å²) in [6.07, 6.45) is 0. The monoisotopic (exact) mass is 273 g/mol. The number of hydrogen-bond donors (Lipinski definition) is 1. The smallest absolute Gasteiger partial charge is 0.234 e. The molecule has 0 saturated carbocycles. The summed E-state index contributed by atoms with van der Waals surface area (Å²) in [5, 5.41) is 12.1. The van der Waals surface area contributed by atoms with Gasteiger partial charge in [0.15, 0.2) is 5.03 Å². The molecular weight excluding hydrogens is 269 g/mol. The summed E-state index contributed by atoms with van der Waals surface area (Å²) in [5.74, 6) is -0.231. The molecule has 0 atom stereocenters. The van der Waals surface area contributed by atoms with Crippen molar-refractivity contribution in [2.24, 2.45) is 8.49 Å². The number of guanidine groups is 1. The van der Waals surface area contributed by atoms with E-state index in [1.807, 2.05) is 0 Å². The van der Waals surface area contributed by atoms with Crippen molar-refractivity contribution in [3.05, 3.63) is 15.0 Å². The van der Waals surface area contributed by atoms with Gasteiger partial charge < -0.3 is 0 Å². The Hall–Kier alpha value is -1.00. The lowest BCUT2D eigenvalue weighted by Crippen LogP contribution is -2.38. The van der Waals surface area contributed by atoms with E-state index in [0.717, 1.165) is 0 Å². The lowest BCUT2D eigenvalue weighted by molar-refractivity contribution is -0.526. The Bertz CT molecular complexity index is 192. The number of nitro groups is 1. The number of rotatable bonds is 2. The van der Waals surface area contributed by atoms with Gasteiger partial charge in [-0.15, -0.1) is 4.91 Å². The van der Waals surface area contributed by atoms with Crippen molar-refractivity contribution in [2.75, 3.05) is 7.05 Å². The largest absolute Gasteiger partial charge is 0.289 e. The van der Waals surface area contributed by atoms with Gasteiger partial charge in [0, 0.05) is 7.05 Å². The minimum absolute atomic E-state index is 0.231. The highest BCUT2D eigenvalue weighted by atomic mass is 127. The molecule has 0 bridgehead atoms. The van der Waals surface area contributed by atoms with Crippen LogP contribution >= 0.6 is 22.9 Å². The molecule has 8 nitrogen and oxygen atoms in total. The van der Waals surface area contributed by atoms with Crippen LogP contribution in [-0.4, -0.2) is 23.0 Å². The normalized spacial score (nSPS) is 10.5. The molecule has 0 aromatic rings. The van der Waals surface area contributed by atoms with Gasteiger partial charge in [-0.25, -0.2) is 10.1 Å². The van der Waals surface area contributed by atoms with Gasteiger partial charge in [-0.2, -0.15) is 8.21 Å². The van der Waals surface area contributed by atoms with Crippen LogP contribution in [0.3, 0.4) is 0 Å². The zero-order chi connectivity index (χ0) is 8.85. The predicted molar refractivity (Wildman–Crippen MR) is 45.1 cm³/mol. The van der Waals surface area contributed by atoms with Crippen LogP contribution in [0.25, 0.3) is 0 Å². The fraction of sp³-hybridized carbons (Fsp3) is 0.500. The summed E-state index contributed by atoms with van der Waals surface area (Å²) >= 11 is 1.50. The van der Waals surface area contributed by atoms with Gasteiger partial charge in [-0.05, 0) is 0 Å². The average Bonchev–Trinajstić information content (AvgIpc) is 1.98. The first-order valence-electron chi connectivity index (χ1n) is 2.28. The first-order chi connectivity index (χ1) is 5.11. The maximum absolute atomic E-state index is 9.83. The molecule has 9 heteroatoms. The van der Waals surface area contributed by atoms with Gasteiger partial charge in [0.2, 0.25) is 0 Å². The fourth-order valence-corrected chi connectivity index (χ4v) is 0.686. The van der Waals surface area contributed by atoms with Crippen molar-refractivity contribution in [3.8, 4) is 0 Å². The molecule has 11 heavy (non-hydrogen) atoms. The van der Waals surface area contributed by atoms with Crippen LogP contribution in [0.2, 0.25) is 0 Å². The summed E-state index contributed by atoms with van der Waals surface area (Å²) < 4.78 is 3.36. The second kappa shape index (κ2) is 4.76. The van der Waals surface area contributed by atoms with Crippen molar-refractivity contribution < 1.29 is 5.03 Å². The fourth-order valence-electron chi connectivity index (χ4n) is 0.266. The van der Waals surface area contributed by atoms with Gasteiger partial charge in [-0.1, -0.05) is 5.43 Å². The van der Waals surface area contributed by atoms with Crippen molar-refractivity contribution >= 4 is 28.8 Å². The van der Waals surface area contributed by atoms with E-state index in [9.17, 15) is 15.0 Å². The maximum atomic E-state index is 9.83. The van der Waals surface area contributed by atoms with Crippen LogP contribution in [0, 0.1) is 15.0 Å². The summed E-state index contributed by atoms with van der Waals surface area (Å²) in [6.45, 7) is 0. The number of hydrazine groups is 1. The summed E-state index contributed by atoms with van der Waals surface area (Å²) in [5.41, 5.74) is 1.68. The Labute approximate surface area is 75.2 Å². The Morgan fingerprint density at radius 2 is 2.36 bits per heavy atom. The summed E-state index contributed by atoms with van der Waals surface area (Å²) in [7, 11) is 1.24. The molecule has 0 rings (SSSR count). The Morgan fingerprint density at radius 1 is 1.82 bits per heavy atom. The van der Waals surface area contributed by atoms with E-state index < -0.39 is 5.03 Å². The SMILES string of the molecule is CN(N=O)C(=NI)N[N+](=O)[O-]. The molecule has 1 N–H and O–H groups in total. The number of nitroso groups, excluding NO2 is 1. The van der Waals surface area contributed by atoms with Crippen molar-refractivity contribution in [1.82, 2.24) is 10.4 Å². The van der Waals surface area contributed by atoms with Crippen LogP contribution in [0.4, 0.5) is 0 Å². The van der Waals surface area contributed by atoms with Crippen LogP contribution < -0.4 is 5.43 Å². The molecule has 0 spiro atoms. The van der Waals surface area contributed by atoms with Crippen molar-refractivity contribution in [1.29, 1.82) is 0 Å². The Morgan fingerprint density at radius 3 is 2.64 bits per heavy atom. The third kappa shape index (κ3) is 3.64. The van der Waals surface area contributed by atoms with E-state index in [4.69, 9.17) is 0 Å². The van der Waals surface area contributed by atoms with Crippen LogP contribution in [-0.2, 0) is 0 Å². The molecular formula is C2H4IN5O3. The van der Waals surface area contributed by atoms with Crippen molar-refractivity contribution in [3.63, 3.8) is 0 Å². The molecule has 0 aliphatic rings. The van der Waals surface area contributed by atoms with Crippen LogP contribution in [0.15, 0.2) is 8.49 Å². The van der Waals surface area contributed by atoms with Crippen LogP contribution in [0.1, 0.15) is 0 Å². The topological polar surface area (TPSA) is 100 Å². The quantitative estimate of drug-likeness (QED) is 0.192.